The second-order valence-corrected chi connectivity index (χ2v) is 67.0. The van der Waals surface area contributed by atoms with Gasteiger partial charge in [0.2, 0.25) is 0 Å². The van der Waals surface area contributed by atoms with Crippen molar-refractivity contribution in [3.63, 3.8) is 0 Å². The monoisotopic (exact) mass is 2080 g/mol. The Morgan fingerprint density at radius 2 is 0.162 bits per heavy atom. The first kappa shape index (κ1) is 119. The lowest BCUT2D eigenvalue weighted by Crippen LogP contribution is -3.00. The Kier molecular flexibility index (Phi) is 48.7. The molecule has 142 heavy (non-hydrogen) atoms. The van der Waals surface area contributed by atoms with E-state index in [0.29, 0.717) is 308 Å². The number of nitrogens with zero attached hydrogens (tertiary/aromatic N) is 16. The Hall–Kier alpha value is -3.16. The fourth-order valence-corrected chi connectivity index (χ4v) is 71.5. The number of nitrogens with one attached hydrogen (secondary N) is 12. The molecule has 0 atom stereocenters. The lowest BCUT2D eigenvalue weighted by Gasteiger charge is -2.59. The van der Waals surface area contributed by atoms with E-state index in [1.807, 2.05) is 0 Å². The Morgan fingerprint density at radius 1 is 0.106 bits per heavy atom. The fraction of sp³-hybridized carbons (Fsp3) is 1.00. The van der Waals surface area contributed by atoms with Crippen LogP contribution in [0.2, 0.25) is 0 Å². The highest BCUT2D eigenvalue weighted by Crippen LogP contribution is 3.02. The summed E-state index contributed by atoms with van der Waals surface area (Å²) >= 11 is 0. The van der Waals surface area contributed by atoms with Crippen LogP contribution in [0.4, 0.5) is 0 Å². The van der Waals surface area contributed by atoms with Gasteiger partial charge in [0.05, 0.1) is 0 Å². The van der Waals surface area contributed by atoms with Crippen molar-refractivity contribution < 1.29 is 12.4 Å². The molecule has 0 radical (unpaired) electrons. The van der Waals surface area contributed by atoms with Gasteiger partial charge in [-0.3, -0.25) is 0 Å². The van der Waals surface area contributed by atoms with Crippen LogP contribution in [0.3, 0.4) is 0 Å². The minimum Gasteiger partial charge on any atom is -1.00 e. The van der Waals surface area contributed by atoms with Crippen LogP contribution in [0.15, 0.2) is 79.4 Å². The third-order valence-corrected chi connectivity index (χ3v) is 68.8. The normalized spacial score (nSPS) is 28.8. The van der Waals surface area contributed by atoms with Gasteiger partial charge in [-0.1, -0.05) is 480 Å². The second kappa shape index (κ2) is 58.1. The summed E-state index contributed by atoms with van der Waals surface area (Å²) in [6, 6.07) is 0. The maximum Gasteiger partial charge on any atom is 0.487 e. The Labute approximate surface area is 868 Å². The van der Waals surface area contributed by atoms with Crippen LogP contribution in [-0.4, -0.2) is 63.4 Å². The molecule has 0 amide bonds. The van der Waals surface area contributed by atoms with Crippen LogP contribution < -0.4 is 12.4 Å². The third-order valence-electron chi connectivity index (χ3n) is 39.6. The van der Waals surface area contributed by atoms with Gasteiger partial charge in [-0.05, 0) is 154 Å². The first-order valence-electron chi connectivity index (χ1n) is 60.1. The van der Waals surface area contributed by atoms with Crippen LogP contribution in [0.5, 0.6) is 0 Å². The zero-order valence-electron chi connectivity index (χ0n) is 89.7. The Morgan fingerprint density at radius 3 is 0.218 bits per heavy atom. The summed E-state index contributed by atoms with van der Waals surface area (Å²) in [6.45, 7) is 0. The average Bonchev–Trinajstić information content (AvgIpc) is 0.725. The van der Waals surface area contributed by atoms with Crippen molar-refractivity contribution in [2.75, 3.05) is 0 Å². The van der Waals surface area contributed by atoms with E-state index in [1.54, 1.807) is 0 Å². The van der Waals surface area contributed by atoms with E-state index in [4.69, 9.17) is 79.4 Å². The van der Waals surface area contributed by atoms with E-state index in [1.165, 1.54) is 0 Å². The molecule has 12 rings (SSSR count). The van der Waals surface area contributed by atoms with Crippen molar-refractivity contribution >= 4 is 36.1 Å². The van der Waals surface area contributed by atoms with Crippen molar-refractivity contribution in [2.24, 2.45) is 79.4 Å². The van der Waals surface area contributed by atoms with Crippen LogP contribution in [-0.2, 0) is 0 Å². The zero-order valence-corrected chi connectivity index (χ0v) is 94.9. The molecule has 0 aromatic heterocycles. The van der Waals surface area contributed by atoms with Crippen molar-refractivity contribution in [2.45, 2.75) is 680 Å². The molecule has 12 aliphatic rings. The summed E-state index contributed by atoms with van der Waals surface area (Å²) in [5.74, 6) is 0. The molecule has 0 unspecified atom stereocenters. The molecule has 0 aromatic rings. The van der Waals surface area contributed by atoms with Crippen molar-refractivity contribution in [1.82, 2.24) is 0 Å². The van der Waals surface area contributed by atoms with Crippen molar-refractivity contribution in [3.8, 4) is 0 Å². The molecule has 34 heteroatoms. The molecule has 12 N–H and O–H groups in total. The van der Waals surface area contributed by atoms with Crippen LogP contribution in [0, 0.1) is 66.4 Å². The summed E-state index contributed by atoms with van der Waals surface area (Å²) in [6.07, 6.45) is 68.8. The smallest absolute Gasteiger partial charge is 0.487 e. The number of rotatable bonds is 28. The summed E-state index contributed by atoms with van der Waals surface area (Å²) in [7, 11) is -25.3. The molecular weight excluding hydrogens is 1880 g/mol. The molecule has 28 nitrogen and oxygen atoms in total. The van der Waals surface area contributed by atoms with Crippen LogP contribution in [0.25, 0.3) is 0 Å². The van der Waals surface area contributed by atoms with Gasteiger partial charge in [0.1, 0.15) is 91.6 Å². The molecule has 0 aliphatic heterocycles. The molecule has 12 aliphatic carbocycles. The minimum absolute atomic E-state index is 0. The summed E-state index contributed by atoms with van der Waals surface area (Å²) < 4.78 is 34.1. The van der Waals surface area contributed by atoms with Gasteiger partial charge in [0.15, 0.2) is 0 Å². The molecule has 0 bridgehead atoms. The lowest BCUT2D eigenvalue weighted by atomic mass is 10.0. The van der Waals surface area contributed by atoms with Gasteiger partial charge in [0.25, 0.3) is 0 Å². The summed E-state index contributed by atoms with van der Waals surface area (Å²) in [5, 5.41) is 52.0. The maximum atomic E-state index is 11.8. The van der Waals surface area contributed by atoms with Gasteiger partial charge < -0.3 is 12.4 Å². The van der Waals surface area contributed by atoms with E-state index in [-0.39, 0.29) is 12.4 Å². The molecule has 0 spiro atoms. The Bertz CT molecular complexity index is 3170. The lowest BCUT2D eigenvalue weighted by molar-refractivity contribution is -0.0000329. The van der Waals surface area contributed by atoms with Crippen molar-refractivity contribution in [1.29, 1.82) is 66.4 Å². The third kappa shape index (κ3) is 24.5. The molecule has 0 heterocycles. The highest BCUT2D eigenvalue weighted by atomic mass is 35.5. The molecule has 12 saturated carbocycles. The van der Waals surface area contributed by atoms with Gasteiger partial charge in [-0.2, -0.15) is 61.4 Å². The van der Waals surface area contributed by atoms with E-state index in [2.05, 4.69) is 0 Å². The predicted octanol–water partition coefficient (Wildman–Crippen LogP) is 42.8. The SMILES string of the molecule is N=NC1(P(=N[P+](N=P(C2(N=N)CCCCCCCC2)(C2(N=N)CCCCCCCC2)C2(N=N)CCCCCCCC2)(N=P(C2(N=N)CCCCCCCC2)(C2(N=N)CCCCCCCC2)C2(N=N)CCCCCCCC2)N=P(C2(N=N)CCCCCCCC2)(C2(N=N)CCCCCCCC2)C2(N=N)CCCCCCCC2)(C2(N=N)CCCCCCCC2)C2(N=N)CCCCCCCC2)CCCCCCCC1.[Cl-]. The van der Waals surface area contributed by atoms with Gasteiger partial charge >= 0.3 is 7.87 Å². The molecular formula is C108H204ClN28P5. The molecule has 0 aromatic carbocycles. The van der Waals surface area contributed by atoms with Crippen LogP contribution in [0.1, 0.15) is 616 Å². The second-order valence-electron chi connectivity index (χ2n) is 48.0. The highest BCUT2D eigenvalue weighted by Gasteiger charge is 2.81. The van der Waals surface area contributed by atoms with E-state index >= 15 is 0 Å². The first-order chi connectivity index (χ1) is 69.0. The van der Waals surface area contributed by atoms with Gasteiger partial charge in [0, 0.05) is 0 Å². The predicted molar refractivity (Wildman–Crippen MR) is 582 cm³/mol. The van der Waals surface area contributed by atoms with Crippen LogP contribution >= 0.6 is 36.1 Å². The number of hydrogen-bond acceptors (Lipinski definition) is 28. The standard InChI is InChI=1S/C108H204N28P5.ClH/c109-121-97(73-49-25-1-2-26-50-74-97)137(98(122-110)75-51-27-3-4-28-52-76-98,99(123-111)77-53-29-5-6-30-54-78-99)133-141(134-138(100(124-112)79-55-31-7-8-32-56-80-100,101(125-113)81-57-33-9-10-34-58-82-101)102(126-114)83-59-35-11-12-36-60-84-102,135-139(103(127-115)85-61-37-13-14-38-62-86-103,104(128-116)87-63-39-15-16-40-64-88-104)105(129-117)89-65-41-17-18-42-66-90-105)136-140(106(130-118)91-67-43-19-20-44-68-92-106,107(131-119)93-69-45-21-22-46-70-94-107)108(132-120)95-71-47-23-24-48-72-96-108;/h109-120H,1-96H2;1H/q+1;/p-1. The number of hydrogen-bond donors (Lipinski definition) is 12. The van der Waals surface area contributed by atoms with E-state index in [9.17, 15) is 66.4 Å². The zero-order chi connectivity index (χ0) is 99.7. The molecule has 808 valence electrons. The fourth-order valence-electron chi connectivity index (χ4n) is 32.3. The quantitative estimate of drug-likeness (QED) is 0.0257. The van der Waals surface area contributed by atoms with Gasteiger partial charge in [-0.15, -0.1) is 0 Å². The van der Waals surface area contributed by atoms with Crippen molar-refractivity contribution in [3.05, 3.63) is 0 Å². The highest BCUT2D eigenvalue weighted by molar-refractivity contribution is 7.93. The Balaban J connectivity index is 0.0000193. The maximum absolute atomic E-state index is 11.8. The molecule has 0 saturated heterocycles. The summed E-state index contributed by atoms with van der Waals surface area (Å²) in [4.78, 5) is 0. The largest absolute Gasteiger partial charge is 1.00 e. The van der Waals surface area contributed by atoms with E-state index < -0.39 is 99.4 Å². The first-order valence-corrected chi connectivity index (χ1v) is 68.7. The number of halogens is 1. The van der Waals surface area contributed by atoms with E-state index in [0.717, 1.165) is 308 Å². The molecule has 12 fully saturated rings. The van der Waals surface area contributed by atoms with Gasteiger partial charge in [-0.25, -0.2) is 66.4 Å². The average molecular weight is 2090 g/mol. The minimum atomic E-state index is -5.90. The summed E-state index contributed by atoms with van der Waals surface area (Å²) in [5.41, 5.74) is 141. The topological polar surface area (TPSA) is 484 Å².